The van der Waals surface area contributed by atoms with E-state index in [-0.39, 0.29) is 0 Å². The zero-order chi connectivity index (χ0) is 12.1. The molecule has 3 heteroatoms. The Morgan fingerprint density at radius 2 is 2.00 bits per heavy atom. The first-order valence-corrected chi connectivity index (χ1v) is 5.53. The van der Waals surface area contributed by atoms with Crippen LogP contribution in [-0.2, 0) is 4.84 Å². The van der Waals surface area contributed by atoms with Crippen LogP contribution in [0.4, 0.5) is 0 Å². The quantitative estimate of drug-likeness (QED) is 0.482. The summed E-state index contributed by atoms with van der Waals surface area (Å²) in [6.07, 6.45) is 0.949. The SMILES string of the molecule is CCCO/N=C(/C)c1cc(C)c(O)cc1C. The van der Waals surface area contributed by atoms with Crippen LogP contribution in [0.1, 0.15) is 37.0 Å². The van der Waals surface area contributed by atoms with E-state index in [1.54, 1.807) is 6.07 Å². The molecule has 0 aliphatic heterocycles. The van der Waals surface area contributed by atoms with Gasteiger partial charge in [-0.3, -0.25) is 0 Å². The normalized spacial score (nSPS) is 11.6. The van der Waals surface area contributed by atoms with Crippen LogP contribution in [0.15, 0.2) is 17.3 Å². The third kappa shape index (κ3) is 2.99. The molecule has 0 aliphatic carbocycles. The van der Waals surface area contributed by atoms with Crippen LogP contribution in [0.2, 0.25) is 0 Å². The van der Waals surface area contributed by atoms with Crippen molar-refractivity contribution in [2.75, 3.05) is 6.61 Å². The largest absolute Gasteiger partial charge is 0.508 e. The molecule has 0 spiro atoms. The van der Waals surface area contributed by atoms with E-state index in [4.69, 9.17) is 4.84 Å². The molecule has 1 aromatic carbocycles. The van der Waals surface area contributed by atoms with Crippen LogP contribution >= 0.6 is 0 Å². The van der Waals surface area contributed by atoms with E-state index < -0.39 is 0 Å². The molecule has 16 heavy (non-hydrogen) atoms. The highest BCUT2D eigenvalue weighted by molar-refractivity contribution is 5.99. The molecule has 0 amide bonds. The van der Waals surface area contributed by atoms with Crippen molar-refractivity contribution >= 4 is 5.71 Å². The number of nitrogens with zero attached hydrogens (tertiary/aromatic N) is 1. The summed E-state index contributed by atoms with van der Waals surface area (Å²) in [5.74, 6) is 0.323. The van der Waals surface area contributed by atoms with Crippen LogP contribution in [0.3, 0.4) is 0 Å². The van der Waals surface area contributed by atoms with Crippen molar-refractivity contribution in [1.29, 1.82) is 0 Å². The second kappa shape index (κ2) is 5.54. The number of hydrogen-bond donors (Lipinski definition) is 1. The number of oxime groups is 1. The van der Waals surface area contributed by atoms with Crippen molar-refractivity contribution in [2.45, 2.75) is 34.1 Å². The van der Waals surface area contributed by atoms with Crippen molar-refractivity contribution in [1.82, 2.24) is 0 Å². The molecule has 0 aliphatic rings. The summed E-state index contributed by atoms with van der Waals surface area (Å²) >= 11 is 0. The Balaban J connectivity index is 2.95. The fraction of sp³-hybridized carbons (Fsp3) is 0.462. The molecule has 1 rings (SSSR count). The molecule has 1 N–H and O–H groups in total. The second-order valence-corrected chi connectivity index (χ2v) is 3.96. The van der Waals surface area contributed by atoms with Gasteiger partial charge in [0.15, 0.2) is 0 Å². The monoisotopic (exact) mass is 221 g/mol. The van der Waals surface area contributed by atoms with E-state index in [9.17, 15) is 5.11 Å². The highest BCUT2D eigenvalue weighted by Gasteiger charge is 2.06. The summed E-state index contributed by atoms with van der Waals surface area (Å²) in [7, 11) is 0. The molecule has 0 atom stereocenters. The molecular weight excluding hydrogens is 202 g/mol. The molecule has 0 saturated carbocycles. The summed E-state index contributed by atoms with van der Waals surface area (Å²) in [6.45, 7) is 8.41. The van der Waals surface area contributed by atoms with Gasteiger partial charge in [-0.05, 0) is 50.5 Å². The minimum absolute atomic E-state index is 0.323. The highest BCUT2D eigenvalue weighted by Crippen LogP contribution is 2.21. The average molecular weight is 221 g/mol. The molecule has 88 valence electrons. The molecule has 1 aromatic rings. The summed E-state index contributed by atoms with van der Waals surface area (Å²) in [4.78, 5) is 5.15. The number of aryl methyl sites for hydroxylation is 2. The first-order chi connectivity index (χ1) is 7.56. The Kier molecular flexibility index (Phi) is 4.35. The Morgan fingerprint density at radius 3 is 2.62 bits per heavy atom. The van der Waals surface area contributed by atoms with Gasteiger partial charge in [0, 0.05) is 5.56 Å². The van der Waals surface area contributed by atoms with Gasteiger partial charge in [-0.1, -0.05) is 12.1 Å². The van der Waals surface area contributed by atoms with Gasteiger partial charge >= 0.3 is 0 Å². The van der Waals surface area contributed by atoms with Gasteiger partial charge in [0.2, 0.25) is 0 Å². The van der Waals surface area contributed by atoms with Gasteiger partial charge in [-0.25, -0.2) is 0 Å². The predicted molar refractivity (Wildman–Crippen MR) is 66.0 cm³/mol. The fourth-order valence-corrected chi connectivity index (χ4v) is 1.47. The molecule has 0 bridgehead atoms. The Bertz CT molecular complexity index is 397. The zero-order valence-electron chi connectivity index (χ0n) is 10.4. The topological polar surface area (TPSA) is 41.8 Å². The van der Waals surface area contributed by atoms with E-state index in [1.807, 2.05) is 33.8 Å². The molecule has 0 unspecified atom stereocenters. The van der Waals surface area contributed by atoms with Gasteiger partial charge in [-0.15, -0.1) is 0 Å². The van der Waals surface area contributed by atoms with Crippen molar-refractivity contribution < 1.29 is 9.94 Å². The third-order valence-corrected chi connectivity index (χ3v) is 2.43. The van der Waals surface area contributed by atoms with Gasteiger partial charge in [-0.2, -0.15) is 0 Å². The Hall–Kier alpha value is -1.51. The second-order valence-electron chi connectivity index (χ2n) is 3.96. The van der Waals surface area contributed by atoms with Crippen LogP contribution in [-0.4, -0.2) is 17.4 Å². The van der Waals surface area contributed by atoms with Crippen molar-refractivity contribution in [3.8, 4) is 5.75 Å². The van der Waals surface area contributed by atoms with Crippen LogP contribution in [0.5, 0.6) is 5.75 Å². The van der Waals surface area contributed by atoms with Gasteiger partial charge in [0.25, 0.3) is 0 Å². The molecular formula is C13H19NO2. The summed E-state index contributed by atoms with van der Waals surface area (Å²) in [6, 6.07) is 3.68. The minimum atomic E-state index is 0.323. The smallest absolute Gasteiger partial charge is 0.118 e. The lowest BCUT2D eigenvalue weighted by molar-refractivity contribution is 0.145. The van der Waals surface area contributed by atoms with E-state index in [2.05, 4.69) is 5.16 Å². The van der Waals surface area contributed by atoms with Crippen LogP contribution < -0.4 is 0 Å². The number of hydrogen-bond acceptors (Lipinski definition) is 3. The standard InChI is InChI=1S/C13H19NO2/c1-5-6-16-14-11(4)12-7-10(3)13(15)8-9(12)2/h7-8,15H,5-6H2,1-4H3/b14-11-. The minimum Gasteiger partial charge on any atom is -0.508 e. The molecule has 3 nitrogen and oxygen atoms in total. The number of phenolic OH excluding ortho intramolecular Hbond substituents is 1. The number of benzene rings is 1. The zero-order valence-corrected chi connectivity index (χ0v) is 10.4. The number of aromatic hydroxyl groups is 1. The maximum atomic E-state index is 9.55. The summed E-state index contributed by atoms with van der Waals surface area (Å²) in [5, 5.41) is 13.6. The number of phenols is 1. The average Bonchev–Trinajstić information content (AvgIpc) is 2.23. The lowest BCUT2D eigenvalue weighted by Gasteiger charge is -2.08. The van der Waals surface area contributed by atoms with Crippen molar-refractivity contribution in [3.05, 3.63) is 28.8 Å². The maximum absolute atomic E-state index is 9.55. The lowest BCUT2D eigenvalue weighted by atomic mass is 10.0. The molecule has 0 saturated heterocycles. The van der Waals surface area contributed by atoms with Crippen LogP contribution in [0.25, 0.3) is 0 Å². The Labute approximate surface area is 96.7 Å². The lowest BCUT2D eigenvalue weighted by Crippen LogP contribution is -2.00. The van der Waals surface area contributed by atoms with E-state index >= 15 is 0 Å². The van der Waals surface area contributed by atoms with Gasteiger partial charge in [0.05, 0.1) is 5.71 Å². The van der Waals surface area contributed by atoms with E-state index in [0.29, 0.717) is 12.4 Å². The van der Waals surface area contributed by atoms with Crippen LogP contribution in [0, 0.1) is 13.8 Å². The first-order valence-electron chi connectivity index (χ1n) is 5.53. The summed E-state index contributed by atoms with van der Waals surface area (Å²) < 4.78 is 0. The highest BCUT2D eigenvalue weighted by atomic mass is 16.6. The fourth-order valence-electron chi connectivity index (χ4n) is 1.47. The Morgan fingerprint density at radius 1 is 1.31 bits per heavy atom. The molecule has 0 fully saturated rings. The molecule has 0 radical (unpaired) electrons. The first kappa shape index (κ1) is 12.6. The van der Waals surface area contributed by atoms with E-state index in [1.165, 1.54) is 0 Å². The van der Waals surface area contributed by atoms with Crippen molar-refractivity contribution in [3.63, 3.8) is 0 Å². The maximum Gasteiger partial charge on any atom is 0.118 e. The van der Waals surface area contributed by atoms with Gasteiger partial charge in [0.1, 0.15) is 12.4 Å². The molecule has 0 aromatic heterocycles. The molecule has 0 heterocycles. The number of rotatable bonds is 4. The van der Waals surface area contributed by atoms with Crippen molar-refractivity contribution in [2.24, 2.45) is 5.16 Å². The van der Waals surface area contributed by atoms with E-state index in [0.717, 1.165) is 28.8 Å². The van der Waals surface area contributed by atoms with Gasteiger partial charge < -0.3 is 9.94 Å². The predicted octanol–water partition coefficient (Wildman–Crippen LogP) is 3.16. The third-order valence-electron chi connectivity index (χ3n) is 2.43. The summed E-state index contributed by atoms with van der Waals surface area (Å²) in [5.41, 5.74) is 3.72.